The number of hydrogen-bond acceptors (Lipinski definition) is 2. The lowest BCUT2D eigenvalue weighted by molar-refractivity contribution is -0.151. The molecule has 1 aliphatic heterocycles. The van der Waals surface area contributed by atoms with Gasteiger partial charge < -0.3 is 4.74 Å². The summed E-state index contributed by atoms with van der Waals surface area (Å²) < 4.78 is 6.21. The highest BCUT2D eigenvalue weighted by molar-refractivity contribution is 5.78. The molecule has 0 bridgehead atoms. The Labute approximate surface area is 150 Å². The predicted octanol–water partition coefficient (Wildman–Crippen LogP) is 5.38. The number of ether oxygens (including phenoxy) is 1. The van der Waals surface area contributed by atoms with Gasteiger partial charge in [0.2, 0.25) is 0 Å². The summed E-state index contributed by atoms with van der Waals surface area (Å²) >= 11 is 0. The summed E-state index contributed by atoms with van der Waals surface area (Å²) in [5.74, 6) is 1.50. The van der Waals surface area contributed by atoms with Crippen molar-refractivity contribution < 1.29 is 9.53 Å². The highest BCUT2D eigenvalue weighted by atomic mass is 16.6. The SMILES string of the molecule is C[C@]1(c2ccccc2)OC(=O)[C@H]2[C@H]1[C@H]1CCCCC1=C1CCCC[C@H]12. The first-order valence-corrected chi connectivity index (χ1v) is 10.2. The van der Waals surface area contributed by atoms with Crippen LogP contribution in [-0.4, -0.2) is 5.97 Å². The summed E-state index contributed by atoms with van der Waals surface area (Å²) in [4.78, 5) is 13.1. The highest BCUT2D eigenvalue weighted by Crippen LogP contribution is 2.61. The molecule has 0 spiro atoms. The topological polar surface area (TPSA) is 26.3 Å². The molecule has 0 unspecified atom stereocenters. The second-order valence-electron chi connectivity index (χ2n) is 8.70. The van der Waals surface area contributed by atoms with E-state index in [1.165, 1.54) is 56.9 Å². The van der Waals surface area contributed by atoms with Crippen LogP contribution in [0.1, 0.15) is 63.9 Å². The Morgan fingerprint density at radius 2 is 1.56 bits per heavy atom. The highest BCUT2D eigenvalue weighted by Gasteiger charge is 2.62. The van der Waals surface area contributed by atoms with E-state index in [0.29, 0.717) is 17.8 Å². The molecule has 132 valence electrons. The average molecular weight is 336 g/mol. The van der Waals surface area contributed by atoms with E-state index >= 15 is 0 Å². The first-order chi connectivity index (χ1) is 12.2. The molecule has 0 radical (unpaired) electrons. The molecular formula is C23H28O2. The molecule has 4 aliphatic rings. The van der Waals surface area contributed by atoms with E-state index in [2.05, 4.69) is 31.2 Å². The first-order valence-electron chi connectivity index (χ1n) is 10.2. The Morgan fingerprint density at radius 1 is 0.920 bits per heavy atom. The Morgan fingerprint density at radius 3 is 2.28 bits per heavy atom. The van der Waals surface area contributed by atoms with E-state index in [4.69, 9.17) is 4.74 Å². The van der Waals surface area contributed by atoms with Crippen LogP contribution in [0.3, 0.4) is 0 Å². The van der Waals surface area contributed by atoms with Gasteiger partial charge in [0, 0.05) is 5.92 Å². The number of cyclic esters (lactones) is 1. The molecule has 1 aromatic carbocycles. The van der Waals surface area contributed by atoms with Crippen molar-refractivity contribution in [2.45, 2.75) is 63.9 Å². The average Bonchev–Trinajstić information content (AvgIpc) is 2.95. The minimum Gasteiger partial charge on any atom is -0.454 e. The van der Waals surface area contributed by atoms with Gasteiger partial charge in [0.1, 0.15) is 5.60 Å². The van der Waals surface area contributed by atoms with E-state index in [1.807, 2.05) is 6.07 Å². The van der Waals surface area contributed by atoms with Crippen LogP contribution in [0.5, 0.6) is 0 Å². The lowest BCUT2D eigenvalue weighted by Crippen LogP contribution is -2.45. The van der Waals surface area contributed by atoms with Gasteiger partial charge in [-0.2, -0.15) is 0 Å². The van der Waals surface area contributed by atoms with Crippen molar-refractivity contribution in [1.82, 2.24) is 0 Å². The minimum atomic E-state index is -0.459. The summed E-state index contributed by atoms with van der Waals surface area (Å²) in [5, 5.41) is 0. The lowest BCUT2D eigenvalue weighted by Gasteiger charge is -2.48. The lowest BCUT2D eigenvalue weighted by atomic mass is 9.54. The van der Waals surface area contributed by atoms with Crippen LogP contribution in [-0.2, 0) is 15.1 Å². The van der Waals surface area contributed by atoms with Crippen molar-refractivity contribution in [3.63, 3.8) is 0 Å². The fourth-order valence-electron chi connectivity index (χ4n) is 6.57. The number of esters is 1. The third-order valence-electron chi connectivity index (χ3n) is 7.55. The van der Waals surface area contributed by atoms with Crippen LogP contribution >= 0.6 is 0 Å². The van der Waals surface area contributed by atoms with Crippen LogP contribution < -0.4 is 0 Å². The summed E-state index contributed by atoms with van der Waals surface area (Å²) in [7, 11) is 0. The van der Waals surface area contributed by atoms with Crippen LogP contribution in [0.15, 0.2) is 41.5 Å². The number of fused-ring (bicyclic) bond motifs is 5. The van der Waals surface area contributed by atoms with E-state index < -0.39 is 5.60 Å². The molecule has 1 saturated heterocycles. The molecule has 0 amide bonds. The Kier molecular flexibility index (Phi) is 3.59. The largest absolute Gasteiger partial charge is 0.454 e. The standard InChI is InChI=1S/C23H28O2/c1-23(15-9-3-2-4-10-15)21-19-14-8-6-12-17(19)16-11-5-7-13-18(16)20(21)22(24)25-23/h2-4,9-10,18-21H,5-8,11-14H2,1H3/t18-,19+,20-,21-,23-/m1/s1. The van der Waals surface area contributed by atoms with Crippen molar-refractivity contribution in [1.29, 1.82) is 0 Å². The van der Waals surface area contributed by atoms with E-state index in [0.717, 1.165) is 0 Å². The molecule has 5 rings (SSSR count). The third kappa shape index (κ3) is 2.19. The van der Waals surface area contributed by atoms with Gasteiger partial charge in [-0.3, -0.25) is 4.79 Å². The zero-order valence-corrected chi connectivity index (χ0v) is 15.2. The number of hydrogen-bond donors (Lipinski definition) is 0. The molecule has 0 aromatic heterocycles. The molecule has 1 aromatic rings. The molecule has 3 aliphatic carbocycles. The molecule has 3 fully saturated rings. The molecule has 2 saturated carbocycles. The maximum atomic E-state index is 13.1. The Bertz CT molecular complexity index is 719. The summed E-state index contributed by atoms with van der Waals surface area (Å²) in [6.07, 6.45) is 10.1. The van der Waals surface area contributed by atoms with Crippen LogP contribution in [0.2, 0.25) is 0 Å². The number of allylic oxidation sites excluding steroid dienone is 2. The van der Waals surface area contributed by atoms with Gasteiger partial charge in [0.25, 0.3) is 0 Å². The Hall–Kier alpha value is -1.57. The van der Waals surface area contributed by atoms with Gasteiger partial charge >= 0.3 is 5.97 Å². The molecule has 0 N–H and O–H groups in total. The summed E-state index contributed by atoms with van der Waals surface area (Å²) in [6, 6.07) is 10.5. The number of benzene rings is 1. The second-order valence-corrected chi connectivity index (χ2v) is 8.70. The van der Waals surface area contributed by atoms with E-state index in [1.54, 1.807) is 11.1 Å². The zero-order valence-electron chi connectivity index (χ0n) is 15.2. The Balaban J connectivity index is 1.66. The maximum Gasteiger partial charge on any atom is 0.310 e. The first kappa shape index (κ1) is 15.7. The second kappa shape index (κ2) is 5.72. The molecule has 2 heteroatoms. The van der Waals surface area contributed by atoms with E-state index in [9.17, 15) is 4.79 Å². The van der Waals surface area contributed by atoms with Gasteiger partial charge in [0.05, 0.1) is 5.92 Å². The maximum absolute atomic E-state index is 13.1. The van der Waals surface area contributed by atoms with Crippen molar-refractivity contribution in [2.24, 2.45) is 23.7 Å². The zero-order chi connectivity index (χ0) is 17.0. The van der Waals surface area contributed by atoms with E-state index in [-0.39, 0.29) is 11.9 Å². The fraction of sp³-hybridized carbons (Fsp3) is 0.609. The normalized spacial score (nSPS) is 40.1. The van der Waals surface area contributed by atoms with Crippen LogP contribution in [0.25, 0.3) is 0 Å². The molecular weight excluding hydrogens is 308 g/mol. The summed E-state index contributed by atoms with van der Waals surface area (Å²) in [5.41, 5.74) is 4.13. The van der Waals surface area contributed by atoms with Crippen molar-refractivity contribution >= 4 is 5.97 Å². The quantitative estimate of drug-likeness (QED) is 0.508. The van der Waals surface area contributed by atoms with Gasteiger partial charge in [-0.15, -0.1) is 0 Å². The number of carbonyl (C=O) groups is 1. The third-order valence-corrected chi connectivity index (χ3v) is 7.55. The van der Waals surface area contributed by atoms with Crippen molar-refractivity contribution in [2.75, 3.05) is 0 Å². The fourth-order valence-corrected chi connectivity index (χ4v) is 6.57. The van der Waals surface area contributed by atoms with Crippen LogP contribution in [0.4, 0.5) is 0 Å². The van der Waals surface area contributed by atoms with Crippen LogP contribution in [0, 0.1) is 23.7 Å². The number of carbonyl (C=O) groups excluding carboxylic acids is 1. The smallest absolute Gasteiger partial charge is 0.310 e. The van der Waals surface area contributed by atoms with Gasteiger partial charge in [-0.25, -0.2) is 0 Å². The summed E-state index contributed by atoms with van der Waals surface area (Å²) in [6.45, 7) is 2.19. The molecule has 1 heterocycles. The number of rotatable bonds is 1. The molecule has 25 heavy (non-hydrogen) atoms. The molecule has 2 nitrogen and oxygen atoms in total. The van der Waals surface area contributed by atoms with Gasteiger partial charge in [-0.1, -0.05) is 54.3 Å². The molecule has 5 atom stereocenters. The van der Waals surface area contributed by atoms with Crippen molar-refractivity contribution in [3.05, 3.63) is 47.0 Å². The van der Waals surface area contributed by atoms with Gasteiger partial charge in [0.15, 0.2) is 0 Å². The predicted molar refractivity (Wildman–Crippen MR) is 97.8 cm³/mol. The monoisotopic (exact) mass is 336 g/mol. The van der Waals surface area contributed by atoms with Crippen molar-refractivity contribution in [3.8, 4) is 0 Å². The van der Waals surface area contributed by atoms with Gasteiger partial charge in [-0.05, 0) is 62.8 Å². The minimum absolute atomic E-state index is 0.0744.